The molecule has 0 aliphatic heterocycles. The van der Waals surface area contributed by atoms with Crippen molar-refractivity contribution < 1.29 is 0 Å². The molecule has 1 heterocycles. The molecule has 0 saturated heterocycles. The molecule has 18 heavy (non-hydrogen) atoms. The van der Waals surface area contributed by atoms with Crippen LogP contribution in [-0.2, 0) is 13.5 Å². The minimum atomic E-state index is 0.715. The molecule has 0 spiro atoms. The zero-order valence-electron chi connectivity index (χ0n) is 10.5. The summed E-state index contributed by atoms with van der Waals surface area (Å²) in [6, 6.07) is 7.88. The van der Waals surface area contributed by atoms with Gasteiger partial charge in [0.15, 0.2) is 5.82 Å². The Morgan fingerprint density at radius 3 is 2.89 bits per heavy atom. The molecular formula is C13H15N5. The van der Waals surface area contributed by atoms with Crippen molar-refractivity contribution in [3.05, 3.63) is 41.5 Å². The van der Waals surface area contributed by atoms with Crippen LogP contribution in [-0.4, -0.2) is 21.3 Å². The molecule has 0 fully saturated rings. The van der Waals surface area contributed by atoms with E-state index in [1.807, 2.05) is 32.2 Å². The van der Waals surface area contributed by atoms with Crippen molar-refractivity contribution in [1.82, 2.24) is 14.8 Å². The summed E-state index contributed by atoms with van der Waals surface area (Å²) in [6.45, 7) is 2.71. The lowest BCUT2D eigenvalue weighted by molar-refractivity contribution is 0.742. The first-order valence-corrected chi connectivity index (χ1v) is 5.78. The highest BCUT2D eigenvalue weighted by Crippen LogP contribution is 2.14. The number of hydrogen-bond donors (Lipinski definition) is 1. The molecule has 0 bridgehead atoms. The molecule has 2 aromatic rings. The van der Waals surface area contributed by atoms with E-state index in [4.69, 9.17) is 5.26 Å². The SMILES string of the molecule is Cc1cc(NCCc2ncn(C)n2)ccc1C#N. The Morgan fingerprint density at radius 2 is 2.28 bits per heavy atom. The quantitative estimate of drug-likeness (QED) is 0.883. The van der Waals surface area contributed by atoms with Crippen LogP contribution in [0.2, 0.25) is 0 Å². The average Bonchev–Trinajstić information content (AvgIpc) is 2.75. The Kier molecular flexibility index (Phi) is 3.58. The third kappa shape index (κ3) is 2.86. The van der Waals surface area contributed by atoms with E-state index in [9.17, 15) is 0 Å². The molecular weight excluding hydrogens is 226 g/mol. The van der Waals surface area contributed by atoms with Crippen molar-refractivity contribution in [2.45, 2.75) is 13.3 Å². The van der Waals surface area contributed by atoms with Gasteiger partial charge in [-0.2, -0.15) is 10.4 Å². The van der Waals surface area contributed by atoms with Gasteiger partial charge >= 0.3 is 0 Å². The molecule has 0 atom stereocenters. The van der Waals surface area contributed by atoms with Crippen molar-refractivity contribution in [3.63, 3.8) is 0 Å². The Morgan fingerprint density at radius 1 is 1.44 bits per heavy atom. The summed E-state index contributed by atoms with van der Waals surface area (Å²) in [5.74, 6) is 0.829. The van der Waals surface area contributed by atoms with Gasteiger partial charge in [0.25, 0.3) is 0 Å². The van der Waals surface area contributed by atoms with E-state index < -0.39 is 0 Å². The number of nitrogens with one attached hydrogen (secondary N) is 1. The Balaban J connectivity index is 1.91. The highest BCUT2D eigenvalue weighted by atomic mass is 15.3. The summed E-state index contributed by atoms with van der Waals surface area (Å²) in [5, 5.41) is 16.4. The Labute approximate surface area is 106 Å². The number of aryl methyl sites for hydroxylation is 2. The number of nitrogens with zero attached hydrogens (tertiary/aromatic N) is 4. The van der Waals surface area contributed by atoms with Gasteiger partial charge in [-0.15, -0.1) is 0 Å². The van der Waals surface area contributed by atoms with Gasteiger partial charge in [0.1, 0.15) is 6.33 Å². The number of benzene rings is 1. The number of anilines is 1. The number of nitriles is 1. The summed E-state index contributed by atoms with van der Waals surface area (Å²) < 4.78 is 1.70. The lowest BCUT2D eigenvalue weighted by Gasteiger charge is -2.06. The van der Waals surface area contributed by atoms with Gasteiger partial charge in [-0.05, 0) is 30.7 Å². The summed E-state index contributed by atoms with van der Waals surface area (Å²) in [6.07, 6.45) is 2.47. The van der Waals surface area contributed by atoms with Gasteiger partial charge in [-0.1, -0.05) is 0 Å². The zero-order chi connectivity index (χ0) is 13.0. The predicted molar refractivity (Wildman–Crippen MR) is 69.1 cm³/mol. The fourth-order valence-electron chi connectivity index (χ4n) is 1.72. The minimum Gasteiger partial charge on any atom is -0.385 e. The van der Waals surface area contributed by atoms with Gasteiger partial charge in [0.2, 0.25) is 0 Å². The highest BCUT2D eigenvalue weighted by molar-refractivity contribution is 5.51. The fourth-order valence-corrected chi connectivity index (χ4v) is 1.72. The van der Waals surface area contributed by atoms with Gasteiger partial charge in [0.05, 0.1) is 11.6 Å². The van der Waals surface area contributed by atoms with Crippen LogP contribution in [0.1, 0.15) is 17.0 Å². The molecule has 5 nitrogen and oxygen atoms in total. The van der Waals surface area contributed by atoms with Crippen molar-refractivity contribution in [3.8, 4) is 6.07 Å². The lowest BCUT2D eigenvalue weighted by atomic mass is 10.1. The van der Waals surface area contributed by atoms with Gasteiger partial charge in [0, 0.05) is 25.7 Å². The average molecular weight is 241 g/mol. The van der Waals surface area contributed by atoms with Crippen LogP contribution < -0.4 is 5.32 Å². The van der Waals surface area contributed by atoms with Crippen LogP contribution in [0.5, 0.6) is 0 Å². The number of aromatic nitrogens is 3. The zero-order valence-corrected chi connectivity index (χ0v) is 10.5. The van der Waals surface area contributed by atoms with E-state index in [2.05, 4.69) is 21.5 Å². The van der Waals surface area contributed by atoms with Crippen molar-refractivity contribution in [2.24, 2.45) is 7.05 Å². The number of hydrogen-bond acceptors (Lipinski definition) is 4. The first-order valence-electron chi connectivity index (χ1n) is 5.78. The van der Waals surface area contributed by atoms with Crippen LogP contribution in [0.3, 0.4) is 0 Å². The van der Waals surface area contributed by atoms with E-state index in [1.54, 1.807) is 11.0 Å². The maximum absolute atomic E-state index is 8.85. The molecule has 5 heteroatoms. The molecule has 1 aromatic heterocycles. The van der Waals surface area contributed by atoms with E-state index >= 15 is 0 Å². The van der Waals surface area contributed by atoms with Crippen molar-refractivity contribution in [1.29, 1.82) is 5.26 Å². The molecule has 0 saturated carbocycles. The maximum Gasteiger partial charge on any atom is 0.152 e. The first kappa shape index (κ1) is 12.1. The largest absolute Gasteiger partial charge is 0.385 e. The molecule has 0 aliphatic carbocycles. The molecule has 1 aromatic carbocycles. The number of rotatable bonds is 4. The van der Waals surface area contributed by atoms with Gasteiger partial charge in [-0.25, -0.2) is 4.98 Å². The monoisotopic (exact) mass is 241 g/mol. The van der Waals surface area contributed by atoms with E-state index in [0.29, 0.717) is 5.56 Å². The molecule has 0 amide bonds. The summed E-state index contributed by atoms with van der Waals surface area (Å²) >= 11 is 0. The fraction of sp³-hybridized carbons (Fsp3) is 0.308. The minimum absolute atomic E-state index is 0.715. The third-order valence-electron chi connectivity index (χ3n) is 2.67. The molecule has 0 aliphatic rings. The van der Waals surface area contributed by atoms with Gasteiger partial charge < -0.3 is 5.32 Å². The van der Waals surface area contributed by atoms with E-state index in [0.717, 1.165) is 30.0 Å². The van der Waals surface area contributed by atoms with E-state index in [1.165, 1.54) is 0 Å². The standard InChI is InChI=1S/C13H15N5/c1-10-7-12(4-3-11(10)8-14)15-6-5-13-16-9-18(2)17-13/h3-4,7,9,15H,5-6H2,1-2H3. The normalized spacial score (nSPS) is 10.1. The second-order valence-electron chi connectivity index (χ2n) is 4.15. The first-order chi connectivity index (χ1) is 8.69. The molecule has 92 valence electrons. The van der Waals surface area contributed by atoms with Crippen molar-refractivity contribution >= 4 is 5.69 Å². The highest BCUT2D eigenvalue weighted by Gasteiger charge is 2.01. The maximum atomic E-state index is 8.85. The summed E-state index contributed by atoms with van der Waals surface area (Å²) in [5.41, 5.74) is 2.72. The second kappa shape index (κ2) is 5.32. The summed E-state index contributed by atoms with van der Waals surface area (Å²) in [7, 11) is 1.86. The topological polar surface area (TPSA) is 66.5 Å². The molecule has 1 N–H and O–H groups in total. The molecule has 0 radical (unpaired) electrons. The smallest absolute Gasteiger partial charge is 0.152 e. The second-order valence-corrected chi connectivity index (χ2v) is 4.15. The van der Waals surface area contributed by atoms with Gasteiger partial charge in [-0.3, -0.25) is 4.68 Å². The van der Waals surface area contributed by atoms with Crippen LogP contribution >= 0.6 is 0 Å². The van der Waals surface area contributed by atoms with Crippen LogP contribution in [0, 0.1) is 18.3 Å². The molecule has 2 rings (SSSR count). The Hall–Kier alpha value is -2.35. The molecule has 0 unspecified atom stereocenters. The van der Waals surface area contributed by atoms with E-state index in [-0.39, 0.29) is 0 Å². The van der Waals surface area contributed by atoms with Crippen LogP contribution in [0.25, 0.3) is 0 Å². The lowest BCUT2D eigenvalue weighted by Crippen LogP contribution is -2.06. The van der Waals surface area contributed by atoms with Crippen LogP contribution in [0.4, 0.5) is 5.69 Å². The summed E-state index contributed by atoms with van der Waals surface area (Å²) in [4.78, 5) is 4.16. The predicted octanol–water partition coefficient (Wildman–Crippen LogP) is 1.65. The Bertz CT molecular complexity index is 579. The van der Waals surface area contributed by atoms with Crippen molar-refractivity contribution in [2.75, 3.05) is 11.9 Å². The third-order valence-corrected chi connectivity index (χ3v) is 2.67. The van der Waals surface area contributed by atoms with Crippen LogP contribution in [0.15, 0.2) is 24.5 Å².